The van der Waals surface area contributed by atoms with Crippen molar-refractivity contribution in [3.63, 3.8) is 0 Å². The van der Waals surface area contributed by atoms with E-state index in [1.165, 1.54) is 7.11 Å². The number of nitrogens with one attached hydrogen (secondary N) is 3. The van der Waals surface area contributed by atoms with Crippen molar-refractivity contribution < 1.29 is 32.6 Å². The molecule has 2 aliphatic heterocycles. The van der Waals surface area contributed by atoms with E-state index in [2.05, 4.69) is 32.2 Å². The highest BCUT2D eigenvalue weighted by Gasteiger charge is 2.43. The highest BCUT2D eigenvalue weighted by molar-refractivity contribution is 7.95. The molecule has 3 unspecified atom stereocenters. The van der Waals surface area contributed by atoms with Crippen molar-refractivity contribution in [1.82, 2.24) is 15.4 Å². The highest BCUT2D eigenvalue weighted by Crippen LogP contribution is 2.50. The Labute approximate surface area is 272 Å². The van der Waals surface area contributed by atoms with E-state index in [0.717, 1.165) is 47.5 Å². The topological polar surface area (TPSA) is 135 Å². The van der Waals surface area contributed by atoms with Gasteiger partial charge in [-0.15, -0.1) is 0 Å². The smallest absolute Gasteiger partial charge is 0.323 e. The number of aryl methyl sites for hydroxylation is 1. The van der Waals surface area contributed by atoms with Gasteiger partial charge in [-0.3, -0.25) is 9.59 Å². The highest BCUT2D eigenvalue weighted by atomic mass is 32.3. The second-order valence-corrected chi connectivity index (χ2v) is 13.8. The first-order valence-electron chi connectivity index (χ1n) is 15.8. The van der Waals surface area contributed by atoms with Crippen molar-refractivity contribution in [2.45, 2.75) is 54.9 Å². The van der Waals surface area contributed by atoms with Gasteiger partial charge in [0.2, 0.25) is 10.8 Å². The van der Waals surface area contributed by atoms with E-state index < -0.39 is 27.8 Å². The number of carbonyl (C=O) groups is 2. The molecule has 1 saturated heterocycles. The van der Waals surface area contributed by atoms with Crippen LogP contribution in [0.2, 0.25) is 0 Å². The summed E-state index contributed by atoms with van der Waals surface area (Å²) in [6.07, 6.45) is 3.73. The molecule has 2 aliphatic rings. The van der Waals surface area contributed by atoms with Gasteiger partial charge >= 0.3 is 16.4 Å². The number of benzene rings is 3. The molecule has 0 spiro atoms. The Balaban J connectivity index is 1.26. The Morgan fingerprint density at radius 2 is 1.65 bits per heavy atom. The van der Waals surface area contributed by atoms with Gasteiger partial charge in [0.15, 0.2) is 0 Å². The maximum atomic E-state index is 13.7. The van der Waals surface area contributed by atoms with E-state index in [9.17, 15) is 18.4 Å². The van der Waals surface area contributed by atoms with Crippen LogP contribution in [-0.2, 0) is 45.5 Å². The van der Waals surface area contributed by atoms with Gasteiger partial charge in [0.05, 0.1) is 19.1 Å². The van der Waals surface area contributed by atoms with E-state index in [1.54, 1.807) is 31.4 Å². The average molecular weight is 651 g/mol. The lowest BCUT2D eigenvalue weighted by Crippen LogP contribution is -2.54. The fourth-order valence-corrected chi connectivity index (χ4v) is 7.76. The summed E-state index contributed by atoms with van der Waals surface area (Å²) in [4.78, 5) is 25.4. The Morgan fingerprint density at radius 1 is 0.978 bits per heavy atom. The second kappa shape index (κ2) is 15.3. The van der Waals surface area contributed by atoms with Crippen molar-refractivity contribution >= 4 is 22.3 Å². The number of unbranched alkanes of at least 4 members (excludes halogenated alkanes) is 1. The number of fused-ring (bicyclic) bond motifs is 2. The molecule has 1 amide bonds. The lowest BCUT2D eigenvalue weighted by Gasteiger charge is -2.41. The molecular weight excluding hydrogens is 606 g/mol. The van der Waals surface area contributed by atoms with E-state index in [-0.39, 0.29) is 23.2 Å². The first-order valence-corrected chi connectivity index (χ1v) is 17.3. The monoisotopic (exact) mass is 650 g/mol. The summed E-state index contributed by atoms with van der Waals surface area (Å²) < 4.78 is 43.4. The van der Waals surface area contributed by atoms with Crippen LogP contribution in [0.3, 0.4) is 0 Å². The first kappa shape index (κ1) is 33.7. The molecule has 11 heteroatoms. The van der Waals surface area contributed by atoms with Crippen molar-refractivity contribution in [3.8, 4) is 11.5 Å². The molecule has 0 aromatic heterocycles. The van der Waals surface area contributed by atoms with Gasteiger partial charge in [-0.25, -0.2) is 0 Å². The predicted octanol–water partition coefficient (Wildman–Crippen LogP) is 4.63. The van der Waals surface area contributed by atoms with E-state index in [1.807, 2.05) is 36.4 Å². The van der Waals surface area contributed by atoms with Crippen molar-refractivity contribution in [3.05, 3.63) is 89.5 Å². The molecule has 246 valence electrons. The number of hydrogen-bond donors (Lipinski definition) is 4. The van der Waals surface area contributed by atoms with Crippen LogP contribution in [0, 0.1) is 5.92 Å². The summed E-state index contributed by atoms with van der Waals surface area (Å²) in [7, 11) is -0.520. The fraction of sp³-hybridized carbons (Fsp3) is 0.429. The van der Waals surface area contributed by atoms with Gasteiger partial charge in [-0.1, -0.05) is 53.3 Å². The van der Waals surface area contributed by atoms with E-state index in [4.69, 9.17) is 9.47 Å². The fourth-order valence-electron chi connectivity index (χ4n) is 6.48. The zero-order valence-electron chi connectivity index (χ0n) is 26.5. The van der Waals surface area contributed by atoms with Crippen LogP contribution in [0.5, 0.6) is 11.5 Å². The number of hydrogen-bond acceptors (Lipinski definition) is 7. The molecule has 3 aromatic rings. The third-order valence-corrected chi connectivity index (χ3v) is 10.5. The van der Waals surface area contributed by atoms with Gasteiger partial charge in [-0.05, 0) is 66.1 Å². The van der Waals surface area contributed by atoms with Gasteiger partial charge in [0.25, 0.3) is 0 Å². The Bertz CT molecular complexity index is 1500. The molecule has 0 bridgehead atoms. The van der Waals surface area contributed by atoms with Crippen LogP contribution in [0.4, 0.5) is 0 Å². The molecule has 4 N–H and O–H groups in total. The third-order valence-electron chi connectivity index (χ3n) is 8.93. The predicted molar refractivity (Wildman–Crippen MR) is 176 cm³/mol. The zero-order valence-corrected chi connectivity index (χ0v) is 27.3. The summed E-state index contributed by atoms with van der Waals surface area (Å²) in [5, 5.41) is 6.54. The summed E-state index contributed by atoms with van der Waals surface area (Å²) in [5.74, 6) is 0.786. The molecule has 1 fully saturated rings. The number of ether oxygens (including phenoxy) is 3. The largest absolute Gasteiger partial charge is 0.469 e. The number of rotatable bonds is 14. The van der Waals surface area contributed by atoms with Crippen LogP contribution in [-0.4, -0.2) is 62.9 Å². The summed E-state index contributed by atoms with van der Waals surface area (Å²) >= 11 is 0. The lowest BCUT2D eigenvalue weighted by molar-refractivity contribution is -0.140. The molecule has 46 heavy (non-hydrogen) atoms. The van der Waals surface area contributed by atoms with Gasteiger partial charge in [0.1, 0.15) is 11.5 Å². The molecule has 5 rings (SSSR count). The first-order chi connectivity index (χ1) is 22.3. The summed E-state index contributed by atoms with van der Waals surface area (Å²) in [6.45, 7) is 1.99. The van der Waals surface area contributed by atoms with Crippen LogP contribution >= 0.6 is 0 Å². The molecule has 3 atom stereocenters. The van der Waals surface area contributed by atoms with Crippen LogP contribution in [0.1, 0.15) is 48.8 Å². The number of esters is 1. The molecular formula is C35H44N3O7S+. The van der Waals surface area contributed by atoms with Crippen LogP contribution in [0.25, 0.3) is 0 Å². The van der Waals surface area contributed by atoms with Crippen LogP contribution < -0.4 is 20.1 Å². The number of piperidine rings is 1. The third kappa shape index (κ3) is 7.84. The van der Waals surface area contributed by atoms with Crippen molar-refractivity contribution in [2.24, 2.45) is 5.92 Å². The minimum Gasteiger partial charge on any atom is -0.469 e. The lowest BCUT2D eigenvalue weighted by atomic mass is 9.69. The second-order valence-electron chi connectivity index (χ2n) is 12.0. The normalized spacial score (nSPS) is 19.5. The van der Waals surface area contributed by atoms with Gasteiger partial charge in [-0.2, -0.15) is 4.55 Å². The van der Waals surface area contributed by atoms with Gasteiger partial charge < -0.3 is 24.8 Å². The van der Waals surface area contributed by atoms with E-state index >= 15 is 0 Å². The van der Waals surface area contributed by atoms with Crippen molar-refractivity contribution in [1.29, 1.82) is 0 Å². The number of methoxy groups -OCH3 is 2. The minimum atomic E-state index is -3.57. The van der Waals surface area contributed by atoms with Crippen LogP contribution in [0.15, 0.2) is 77.7 Å². The van der Waals surface area contributed by atoms with Gasteiger partial charge in [0, 0.05) is 56.3 Å². The maximum absolute atomic E-state index is 13.7. The number of carbonyl (C=O) groups excluding carboxylic acids is 2. The number of para-hydroxylation sites is 2. The Morgan fingerprint density at radius 3 is 2.30 bits per heavy atom. The molecule has 0 radical (unpaired) electrons. The Hall–Kier alpha value is -3.61. The SMILES string of the molecule is COCCCCC1(CNC(=O)C2CNCC(N[S+](=O)(O)c3ccc(CCC(=O)OC)cc3)C2)c2ccccc2Oc2ccccc21. The summed E-state index contributed by atoms with van der Waals surface area (Å²) in [6, 6.07) is 22.3. The maximum Gasteiger partial charge on any atom is 0.323 e. The quantitative estimate of drug-likeness (QED) is 0.113. The molecule has 0 saturated carbocycles. The molecule has 10 nitrogen and oxygen atoms in total. The standard InChI is InChI=1S/C35H43N3O7S/c1-43-20-8-7-19-35(29-9-3-5-11-31(29)45-32-12-6-4-10-30(32)35)24-37-34(40)26-21-27(23-36-22-26)38-46(41,42)28-16-13-25(14-17-28)15-18-33(39)44-2/h3-6,9-14,16-17,26-27,36H,7-8,15,18-24H2,1-2H3,(H2-,37,38,40,41,42)/p+1. The zero-order chi connectivity index (χ0) is 32.6. The molecule has 2 heterocycles. The minimum absolute atomic E-state index is 0.101. The van der Waals surface area contributed by atoms with E-state index in [0.29, 0.717) is 39.1 Å². The average Bonchev–Trinajstić information content (AvgIpc) is 3.08. The summed E-state index contributed by atoms with van der Waals surface area (Å²) in [5.41, 5.74) is 2.47. The van der Waals surface area contributed by atoms with Crippen molar-refractivity contribution in [2.75, 3.05) is 40.5 Å². The Kier molecular flexibility index (Phi) is 11.2. The molecule has 0 aliphatic carbocycles. The number of amides is 1. The molecule has 3 aromatic carbocycles.